The molecule has 1 heterocycles. The van der Waals surface area contributed by atoms with Gasteiger partial charge in [0.2, 0.25) is 0 Å². The Balaban J connectivity index is 1.65. The van der Waals surface area contributed by atoms with E-state index in [1.165, 1.54) is 12.1 Å². The second-order valence-corrected chi connectivity index (χ2v) is 9.96. The monoisotopic (exact) mass is 579 g/mol. The number of alkyl halides is 3. The third-order valence-corrected chi connectivity index (χ3v) is 7.13. The van der Waals surface area contributed by atoms with Crippen LogP contribution in [-0.4, -0.2) is 55.8 Å². The Kier molecular flexibility index (Phi) is 8.44. The van der Waals surface area contributed by atoms with Crippen molar-refractivity contribution < 1.29 is 26.4 Å². The minimum absolute atomic E-state index is 0.0584. The van der Waals surface area contributed by atoms with Crippen molar-refractivity contribution in [1.29, 1.82) is 0 Å². The van der Waals surface area contributed by atoms with Crippen LogP contribution in [0.1, 0.15) is 23.1 Å². The maximum absolute atomic E-state index is 14.0. The van der Waals surface area contributed by atoms with E-state index in [2.05, 4.69) is 10.1 Å². The van der Waals surface area contributed by atoms with Crippen LogP contribution in [0.3, 0.4) is 0 Å². The van der Waals surface area contributed by atoms with E-state index >= 15 is 0 Å². The third-order valence-electron chi connectivity index (χ3n) is 5.98. The first-order valence-electron chi connectivity index (χ1n) is 11.5. The van der Waals surface area contributed by atoms with Gasteiger partial charge in [-0.15, -0.1) is 0 Å². The van der Waals surface area contributed by atoms with Crippen LogP contribution in [0, 0.1) is 6.92 Å². The molecule has 0 unspecified atom stereocenters. The summed E-state index contributed by atoms with van der Waals surface area (Å²) in [6, 6.07) is 16.0. The van der Waals surface area contributed by atoms with E-state index in [-0.39, 0.29) is 29.4 Å². The Labute approximate surface area is 218 Å². The average Bonchev–Trinajstić information content (AvgIpc) is 3.37. The van der Waals surface area contributed by atoms with E-state index in [1.54, 1.807) is 49.4 Å². The summed E-state index contributed by atoms with van der Waals surface area (Å²) in [7, 11) is 1.89. The number of aliphatic hydroxyl groups excluding tert-OH is 1. The Morgan fingerprint density at radius 1 is 1.00 bits per heavy atom. The van der Waals surface area contributed by atoms with E-state index in [1.807, 2.05) is 11.9 Å². The van der Waals surface area contributed by atoms with Gasteiger partial charge in [-0.1, -0.05) is 18.2 Å². The van der Waals surface area contributed by atoms with Crippen molar-refractivity contribution in [3.05, 3.63) is 77.4 Å². The zero-order valence-electron chi connectivity index (χ0n) is 20.2. The summed E-state index contributed by atoms with van der Waals surface area (Å²) in [5.74, 6) is 0.106. The van der Waals surface area contributed by atoms with Crippen molar-refractivity contribution in [2.45, 2.75) is 26.1 Å². The summed E-state index contributed by atoms with van der Waals surface area (Å²) in [6.45, 7) is 3.04. The first-order valence-corrected chi connectivity index (χ1v) is 13.0. The topological polar surface area (TPSA) is 62.4 Å². The van der Waals surface area contributed by atoms with Crippen LogP contribution in [0.15, 0.2) is 65.2 Å². The van der Waals surface area contributed by atoms with Gasteiger partial charge in [-0.3, -0.25) is 0 Å². The van der Waals surface area contributed by atoms with Crippen molar-refractivity contribution in [2.24, 2.45) is 0 Å². The predicted octanol–water partition coefficient (Wildman–Crippen LogP) is 5.43. The van der Waals surface area contributed by atoms with E-state index in [4.69, 9.17) is 9.63 Å². The molecule has 0 amide bonds. The number of aromatic nitrogens is 2. The van der Waals surface area contributed by atoms with Gasteiger partial charge in [0.25, 0.3) is 0 Å². The molecule has 0 aliphatic carbocycles. The standard InChI is InChI=1S/C27H25F4N3O2Se/c1-17-6-3-4-7-21(17)22-11-10-19(14-23(22)27(28,29)30)26-32-25(33-36-26)18-8-9-20(24(15-18)37-31)16-34(2)12-5-13-35/h3-4,6-11,14-15,35H,5,12-13,16H2,1-2H3. The van der Waals surface area contributed by atoms with Gasteiger partial charge in [0.1, 0.15) is 0 Å². The minimum atomic E-state index is -4.59. The first kappa shape index (κ1) is 27.0. The number of nitrogens with zero attached hydrogens (tertiary/aromatic N) is 3. The fourth-order valence-electron chi connectivity index (χ4n) is 4.09. The van der Waals surface area contributed by atoms with Crippen LogP contribution in [0.2, 0.25) is 0 Å². The molecule has 194 valence electrons. The summed E-state index contributed by atoms with van der Waals surface area (Å²) in [5.41, 5.74) is 1.97. The van der Waals surface area contributed by atoms with E-state index in [9.17, 15) is 16.7 Å². The van der Waals surface area contributed by atoms with Gasteiger partial charge >= 0.3 is 194 Å². The number of aryl methyl sites for hydroxylation is 1. The molecule has 5 nitrogen and oxygen atoms in total. The molecule has 0 bridgehead atoms. The van der Waals surface area contributed by atoms with Crippen LogP contribution >= 0.6 is 0 Å². The van der Waals surface area contributed by atoms with Gasteiger partial charge in [-0.25, -0.2) is 0 Å². The van der Waals surface area contributed by atoms with Crippen LogP contribution in [-0.2, 0) is 12.7 Å². The molecule has 0 fully saturated rings. The molecular weight excluding hydrogens is 553 g/mol. The van der Waals surface area contributed by atoms with E-state index in [0.29, 0.717) is 35.1 Å². The summed E-state index contributed by atoms with van der Waals surface area (Å²) >= 11 is -1.29. The molecule has 0 spiro atoms. The molecule has 10 heteroatoms. The molecule has 4 aromatic rings. The fourth-order valence-corrected chi connectivity index (χ4v) is 4.93. The van der Waals surface area contributed by atoms with Crippen molar-refractivity contribution in [3.63, 3.8) is 0 Å². The van der Waals surface area contributed by atoms with Crippen LogP contribution in [0.4, 0.5) is 16.7 Å². The van der Waals surface area contributed by atoms with Gasteiger partial charge in [0.05, 0.1) is 0 Å². The zero-order chi connectivity index (χ0) is 26.6. The molecule has 3 aromatic carbocycles. The Bertz CT molecular complexity index is 1370. The van der Waals surface area contributed by atoms with E-state index < -0.39 is 27.2 Å². The van der Waals surface area contributed by atoms with Gasteiger partial charge in [0, 0.05) is 0 Å². The van der Waals surface area contributed by atoms with Crippen molar-refractivity contribution >= 4 is 19.9 Å². The van der Waals surface area contributed by atoms with Crippen LogP contribution in [0.5, 0.6) is 0 Å². The van der Waals surface area contributed by atoms with Gasteiger partial charge in [0.15, 0.2) is 0 Å². The van der Waals surface area contributed by atoms with E-state index in [0.717, 1.165) is 17.2 Å². The molecule has 0 radical (unpaired) electrons. The maximum atomic E-state index is 14.0. The Morgan fingerprint density at radius 2 is 1.76 bits per heavy atom. The van der Waals surface area contributed by atoms with Crippen molar-refractivity contribution in [3.8, 4) is 34.0 Å². The molecule has 4 rings (SSSR count). The molecule has 0 saturated heterocycles. The van der Waals surface area contributed by atoms with Gasteiger partial charge in [-0.05, 0) is 6.92 Å². The number of hydrogen-bond acceptors (Lipinski definition) is 5. The number of hydrogen-bond donors (Lipinski definition) is 1. The molecule has 1 aromatic heterocycles. The fraction of sp³-hybridized carbons (Fsp3) is 0.259. The molecule has 0 saturated carbocycles. The average molecular weight is 578 g/mol. The number of aliphatic hydroxyl groups is 1. The molecule has 1 N–H and O–H groups in total. The molecule has 37 heavy (non-hydrogen) atoms. The second-order valence-electron chi connectivity index (χ2n) is 8.71. The molecular formula is C27H25F4N3O2Se. The number of halogens is 4. The normalized spacial score (nSPS) is 11.9. The third kappa shape index (κ3) is 6.27. The summed E-state index contributed by atoms with van der Waals surface area (Å²) in [4.78, 5) is 6.29. The van der Waals surface area contributed by atoms with Crippen molar-refractivity contribution in [1.82, 2.24) is 15.0 Å². The Morgan fingerprint density at radius 3 is 2.46 bits per heavy atom. The molecule has 0 aliphatic heterocycles. The first-order chi connectivity index (χ1) is 17.7. The van der Waals surface area contributed by atoms with Crippen molar-refractivity contribution in [2.75, 3.05) is 20.2 Å². The SMILES string of the molecule is Cc1ccccc1-c1ccc(-c2nc(-c3ccc(CN(C)CCCO)c([Se]F)c3)no2)cc1C(F)(F)F. The summed E-state index contributed by atoms with van der Waals surface area (Å²) < 4.78 is 61.7. The van der Waals surface area contributed by atoms with Crippen LogP contribution < -0.4 is 4.46 Å². The van der Waals surface area contributed by atoms with Gasteiger partial charge < -0.3 is 0 Å². The van der Waals surface area contributed by atoms with Gasteiger partial charge in [-0.2, -0.15) is 0 Å². The predicted molar refractivity (Wildman–Crippen MR) is 135 cm³/mol. The number of rotatable bonds is 9. The number of benzene rings is 3. The second kappa shape index (κ2) is 11.6. The molecule has 0 atom stereocenters. The zero-order valence-corrected chi connectivity index (χ0v) is 21.9. The summed E-state index contributed by atoms with van der Waals surface area (Å²) in [6.07, 6.45) is -3.97. The molecule has 0 aliphatic rings. The quantitative estimate of drug-likeness (QED) is 0.212. The van der Waals surface area contributed by atoms with Crippen LogP contribution in [0.25, 0.3) is 34.0 Å². The summed E-state index contributed by atoms with van der Waals surface area (Å²) in [5, 5.41) is 12.9. The Hall–Kier alpha value is -3.04.